The molecule has 0 unspecified atom stereocenters. The van der Waals surface area contributed by atoms with Crippen molar-refractivity contribution in [3.05, 3.63) is 35.7 Å². The predicted molar refractivity (Wildman–Crippen MR) is 93.5 cm³/mol. The molecule has 134 valence electrons. The smallest absolute Gasteiger partial charge is 0.244 e. The van der Waals surface area contributed by atoms with E-state index in [1.165, 1.54) is 6.08 Å². The van der Waals surface area contributed by atoms with Crippen LogP contribution in [0.15, 0.2) is 24.3 Å². The monoisotopic (exact) mass is 345 g/mol. The Morgan fingerprint density at radius 1 is 1.32 bits per heavy atom. The topological polar surface area (TPSA) is 91.2 Å². The van der Waals surface area contributed by atoms with Gasteiger partial charge < -0.3 is 14.8 Å². The predicted octanol–water partition coefficient (Wildman–Crippen LogP) is 1.64. The summed E-state index contributed by atoms with van der Waals surface area (Å²) in [5.41, 5.74) is 0.765. The first kappa shape index (κ1) is 18.4. The van der Waals surface area contributed by atoms with Crippen LogP contribution in [-0.4, -0.2) is 46.9 Å². The van der Waals surface area contributed by atoms with Crippen molar-refractivity contribution in [3.63, 3.8) is 0 Å². The van der Waals surface area contributed by atoms with Crippen LogP contribution in [0.2, 0.25) is 0 Å². The van der Waals surface area contributed by atoms with Gasteiger partial charge >= 0.3 is 0 Å². The maximum absolute atomic E-state index is 12.0. The molecule has 0 aliphatic heterocycles. The summed E-state index contributed by atoms with van der Waals surface area (Å²) < 4.78 is 12.2. The fraction of sp³-hybridized carbons (Fsp3) is 0.412. The number of aromatic nitrogens is 4. The molecule has 0 aliphatic carbocycles. The lowest BCUT2D eigenvalue weighted by molar-refractivity contribution is -0.116. The maximum Gasteiger partial charge on any atom is 0.244 e. The molecular weight excluding hydrogens is 322 g/mol. The van der Waals surface area contributed by atoms with Crippen molar-refractivity contribution in [2.24, 2.45) is 0 Å². The highest BCUT2D eigenvalue weighted by Crippen LogP contribution is 2.24. The summed E-state index contributed by atoms with van der Waals surface area (Å²) in [4.78, 5) is 12.0. The van der Waals surface area contributed by atoms with Gasteiger partial charge in [-0.05, 0) is 48.5 Å². The number of methoxy groups -OCH3 is 2. The van der Waals surface area contributed by atoms with Gasteiger partial charge in [-0.3, -0.25) is 4.79 Å². The van der Waals surface area contributed by atoms with Crippen LogP contribution in [0, 0.1) is 0 Å². The van der Waals surface area contributed by atoms with Gasteiger partial charge in [0.1, 0.15) is 11.5 Å². The average molecular weight is 345 g/mol. The molecule has 2 aromatic rings. The van der Waals surface area contributed by atoms with Crippen molar-refractivity contribution in [3.8, 4) is 11.5 Å². The second-order valence-electron chi connectivity index (χ2n) is 5.62. The minimum atomic E-state index is -0.201. The molecule has 0 saturated heterocycles. The number of rotatable bonds is 8. The first-order valence-electron chi connectivity index (χ1n) is 7.99. The molecule has 0 saturated carbocycles. The molecule has 0 radical (unpaired) electrons. The van der Waals surface area contributed by atoms with Crippen LogP contribution in [0.5, 0.6) is 11.5 Å². The second-order valence-corrected chi connectivity index (χ2v) is 5.62. The van der Waals surface area contributed by atoms with E-state index in [1.807, 2.05) is 13.8 Å². The van der Waals surface area contributed by atoms with Crippen molar-refractivity contribution >= 4 is 12.0 Å². The zero-order valence-corrected chi connectivity index (χ0v) is 14.9. The fourth-order valence-corrected chi connectivity index (χ4v) is 2.27. The number of tetrazole rings is 1. The van der Waals surface area contributed by atoms with Gasteiger partial charge in [-0.15, -0.1) is 5.10 Å². The third kappa shape index (κ3) is 5.03. The maximum atomic E-state index is 12.0. The molecule has 1 amide bonds. The molecule has 2 rings (SSSR count). The summed E-state index contributed by atoms with van der Waals surface area (Å²) in [6.45, 7) is 4.46. The number of nitrogens with zero attached hydrogens (tertiary/aromatic N) is 4. The lowest BCUT2D eigenvalue weighted by Crippen LogP contribution is -2.25. The molecule has 1 N–H and O–H groups in total. The van der Waals surface area contributed by atoms with Gasteiger partial charge in [0, 0.05) is 24.6 Å². The van der Waals surface area contributed by atoms with Gasteiger partial charge in [-0.25, -0.2) is 4.68 Å². The molecule has 0 atom stereocenters. The Labute approximate surface area is 146 Å². The minimum Gasteiger partial charge on any atom is -0.497 e. The minimum absolute atomic E-state index is 0.182. The summed E-state index contributed by atoms with van der Waals surface area (Å²) in [6, 6.07) is 5.58. The molecule has 8 nitrogen and oxygen atoms in total. The Morgan fingerprint density at radius 2 is 2.12 bits per heavy atom. The quantitative estimate of drug-likeness (QED) is 0.732. The highest BCUT2D eigenvalue weighted by Gasteiger charge is 2.09. The third-order valence-corrected chi connectivity index (χ3v) is 3.55. The molecule has 8 heteroatoms. The SMILES string of the molecule is COc1ccc(OC)c(/C=C/C(=O)NCCc2nnnn2C(C)C)c1. The van der Waals surface area contributed by atoms with E-state index in [0.717, 1.165) is 11.4 Å². The number of ether oxygens (including phenoxy) is 2. The number of nitrogens with one attached hydrogen (secondary N) is 1. The zero-order chi connectivity index (χ0) is 18.2. The molecule has 25 heavy (non-hydrogen) atoms. The molecule has 1 heterocycles. The van der Waals surface area contributed by atoms with Crippen LogP contribution in [0.1, 0.15) is 31.3 Å². The fourth-order valence-electron chi connectivity index (χ4n) is 2.27. The number of hydrogen-bond donors (Lipinski definition) is 1. The highest BCUT2D eigenvalue weighted by molar-refractivity contribution is 5.92. The van der Waals surface area contributed by atoms with Crippen molar-refractivity contribution in [2.45, 2.75) is 26.3 Å². The Kier molecular flexibility index (Phi) is 6.50. The van der Waals surface area contributed by atoms with E-state index < -0.39 is 0 Å². The number of amides is 1. The van der Waals surface area contributed by atoms with Gasteiger partial charge in [0.2, 0.25) is 5.91 Å². The molecule has 0 spiro atoms. The molecule has 1 aromatic heterocycles. The molecule has 0 bridgehead atoms. The van der Waals surface area contributed by atoms with Crippen LogP contribution in [0.4, 0.5) is 0 Å². The Bertz CT molecular complexity index is 740. The normalized spacial score (nSPS) is 11.1. The van der Waals surface area contributed by atoms with E-state index in [4.69, 9.17) is 9.47 Å². The van der Waals surface area contributed by atoms with Crippen LogP contribution >= 0.6 is 0 Å². The summed E-state index contributed by atoms with van der Waals surface area (Å²) in [5, 5.41) is 14.4. The largest absolute Gasteiger partial charge is 0.497 e. The number of benzene rings is 1. The summed E-state index contributed by atoms with van der Waals surface area (Å²) in [7, 11) is 3.17. The van der Waals surface area contributed by atoms with Crippen molar-refractivity contribution in [1.82, 2.24) is 25.5 Å². The lowest BCUT2D eigenvalue weighted by atomic mass is 10.1. The van der Waals surface area contributed by atoms with E-state index in [-0.39, 0.29) is 11.9 Å². The van der Waals surface area contributed by atoms with Crippen LogP contribution < -0.4 is 14.8 Å². The Morgan fingerprint density at radius 3 is 2.80 bits per heavy atom. The highest BCUT2D eigenvalue weighted by atomic mass is 16.5. The summed E-state index contributed by atoms with van der Waals surface area (Å²) in [5.74, 6) is 1.91. The molecule has 0 fully saturated rings. The Balaban J connectivity index is 1.92. The van der Waals surface area contributed by atoms with Gasteiger partial charge in [0.25, 0.3) is 0 Å². The van der Waals surface area contributed by atoms with Crippen molar-refractivity contribution < 1.29 is 14.3 Å². The lowest BCUT2D eigenvalue weighted by Gasteiger charge is -2.08. The van der Waals surface area contributed by atoms with E-state index in [0.29, 0.717) is 24.5 Å². The molecule has 1 aromatic carbocycles. The standard InChI is InChI=1S/C17H23N5O3/c1-12(2)22-16(19-20-21-22)9-10-18-17(23)8-5-13-11-14(24-3)6-7-15(13)25-4/h5-8,11-12H,9-10H2,1-4H3,(H,18,23)/b8-5+. The van der Waals surface area contributed by atoms with E-state index in [1.54, 1.807) is 43.2 Å². The summed E-state index contributed by atoms with van der Waals surface area (Å²) >= 11 is 0. The van der Waals surface area contributed by atoms with Gasteiger partial charge in [0.05, 0.1) is 20.3 Å². The van der Waals surface area contributed by atoms with Gasteiger partial charge in [-0.1, -0.05) is 0 Å². The number of hydrogen-bond acceptors (Lipinski definition) is 6. The number of carbonyl (C=O) groups excluding carboxylic acids is 1. The van der Waals surface area contributed by atoms with Crippen LogP contribution in [0.25, 0.3) is 6.08 Å². The van der Waals surface area contributed by atoms with Crippen molar-refractivity contribution in [2.75, 3.05) is 20.8 Å². The van der Waals surface area contributed by atoms with E-state index in [2.05, 4.69) is 20.8 Å². The first-order chi connectivity index (χ1) is 12.0. The van der Waals surface area contributed by atoms with Gasteiger partial charge in [0.15, 0.2) is 5.82 Å². The van der Waals surface area contributed by atoms with Crippen molar-refractivity contribution in [1.29, 1.82) is 0 Å². The van der Waals surface area contributed by atoms with E-state index in [9.17, 15) is 4.79 Å². The van der Waals surface area contributed by atoms with Gasteiger partial charge in [-0.2, -0.15) is 0 Å². The summed E-state index contributed by atoms with van der Waals surface area (Å²) in [6.07, 6.45) is 3.71. The molecular formula is C17H23N5O3. The van der Waals surface area contributed by atoms with Crippen LogP contribution in [0.3, 0.4) is 0 Å². The molecule has 0 aliphatic rings. The average Bonchev–Trinajstić information content (AvgIpc) is 3.08. The van der Waals surface area contributed by atoms with Crippen LogP contribution in [-0.2, 0) is 11.2 Å². The second kappa shape index (κ2) is 8.81. The third-order valence-electron chi connectivity index (χ3n) is 3.55. The zero-order valence-electron chi connectivity index (χ0n) is 14.9. The van der Waals surface area contributed by atoms with E-state index >= 15 is 0 Å². The first-order valence-corrected chi connectivity index (χ1v) is 7.99. The number of carbonyl (C=O) groups is 1. The Hall–Kier alpha value is -2.90.